The van der Waals surface area contributed by atoms with Crippen LogP contribution in [0.25, 0.3) is 88.4 Å². The number of para-hydroxylation sites is 1. The fourth-order valence-electron chi connectivity index (χ4n) is 11.2. The number of benzene rings is 9. The van der Waals surface area contributed by atoms with E-state index in [0.717, 1.165) is 72.1 Å². The van der Waals surface area contributed by atoms with Crippen LogP contribution in [-0.4, -0.2) is 0 Å². The van der Waals surface area contributed by atoms with E-state index in [1.165, 1.54) is 55.6 Å². The van der Waals surface area contributed by atoms with Crippen LogP contribution in [-0.2, 0) is 10.8 Å². The van der Waals surface area contributed by atoms with E-state index in [1.807, 2.05) is 12.1 Å². The summed E-state index contributed by atoms with van der Waals surface area (Å²) in [6.07, 6.45) is 0. The van der Waals surface area contributed by atoms with Gasteiger partial charge >= 0.3 is 0 Å². The molecule has 0 saturated carbocycles. The highest BCUT2D eigenvalue weighted by Gasteiger charge is 2.38. The van der Waals surface area contributed by atoms with Crippen LogP contribution in [0.3, 0.4) is 0 Å². The first-order chi connectivity index (χ1) is 30.8. The monoisotopic (exact) mass is 809 g/mol. The standard InChI is InChI=1S/C60H43NO2/c1-59(2)47-19-11-8-16-41(47)43-28-26-39(34-49(43)59)61(40-27-29-44-42-17-9-12-20-48(42)60(3,4)50(44)35-40)51-31-30-46-57-54(33-32-53-56(57)45-18-10-13-21-52(45)62-53)63-58(46)55(51)38-24-22-37(23-25-38)36-14-6-5-7-15-36/h5-35H,1-4H3. The average molecular weight is 810 g/mol. The molecule has 0 saturated heterocycles. The lowest BCUT2D eigenvalue weighted by atomic mass is 9.82. The van der Waals surface area contributed by atoms with Gasteiger partial charge < -0.3 is 13.7 Å². The minimum absolute atomic E-state index is 0.174. The number of furan rings is 2. The summed E-state index contributed by atoms with van der Waals surface area (Å²) in [6, 6.07) is 68.6. The Bertz CT molecular complexity index is 3570. The maximum Gasteiger partial charge on any atom is 0.145 e. The lowest BCUT2D eigenvalue weighted by Gasteiger charge is -2.31. The predicted octanol–water partition coefficient (Wildman–Crippen LogP) is 16.9. The number of hydrogen-bond acceptors (Lipinski definition) is 3. The minimum atomic E-state index is -0.174. The molecule has 0 spiro atoms. The van der Waals surface area contributed by atoms with Crippen molar-refractivity contribution in [1.82, 2.24) is 0 Å². The second-order valence-electron chi connectivity index (χ2n) is 18.4. The molecule has 0 atom stereocenters. The first-order valence-corrected chi connectivity index (χ1v) is 22.0. The van der Waals surface area contributed by atoms with Crippen LogP contribution < -0.4 is 4.90 Å². The second kappa shape index (κ2) is 13.0. The molecule has 2 aliphatic carbocycles. The fraction of sp³-hybridized carbons (Fsp3) is 0.100. The smallest absolute Gasteiger partial charge is 0.145 e. The van der Waals surface area contributed by atoms with Gasteiger partial charge in [0.2, 0.25) is 0 Å². The molecule has 2 heterocycles. The lowest BCUT2D eigenvalue weighted by Crippen LogP contribution is -2.18. The maximum absolute atomic E-state index is 7.17. The quantitative estimate of drug-likeness (QED) is 0.173. The van der Waals surface area contributed by atoms with E-state index in [4.69, 9.17) is 8.83 Å². The molecule has 2 aromatic heterocycles. The van der Waals surface area contributed by atoms with Crippen molar-refractivity contribution in [3.8, 4) is 44.5 Å². The largest absolute Gasteiger partial charge is 0.456 e. The van der Waals surface area contributed by atoms with Gasteiger partial charge in [0.1, 0.15) is 22.3 Å². The molecule has 0 fully saturated rings. The molecule has 9 aromatic carbocycles. The van der Waals surface area contributed by atoms with E-state index in [0.29, 0.717) is 0 Å². The summed E-state index contributed by atoms with van der Waals surface area (Å²) in [7, 11) is 0. The molecule has 11 aromatic rings. The van der Waals surface area contributed by atoms with Gasteiger partial charge in [-0.2, -0.15) is 0 Å². The van der Waals surface area contributed by atoms with Crippen molar-refractivity contribution in [2.75, 3.05) is 4.90 Å². The SMILES string of the molecule is CC1(C)c2ccccc2-c2ccc(N(c3ccc4c(c3)C(C)(C)c3ccccc3-4)c3ccc4c(oc5ccc6oc7ccccc7c6c54)c3-c3ccc(-c4ccccc4)cc3)cc21. The van der Waals surface area contributed by atoms with Crippen LogP contribution in [0.2, 0.25) is 0 Å². The molecule has 0 N–H and O–H groups in total. The van der Waals surface area contributed by atoms with Crippen LogP contribution in [0.1, 0.15) is 49.9 Å². The Morgan fingerprint density at radius 2 is 0.873 bits per heavy atom. The van der Waals surface area contributed by atoms with Crippen LogP contribution in [0.15, 0.2) is 197 Å². The predicted molar refractivity (Wildman–Crippen MR) is 262 cm³/mol. The molecule has 3 heteroatoms. The van der Waals surface area contributed by atoms with Gasteiger partial charge in [-0.3, -0.25) is 0 Å². The van der Waals surface area contributed by atoms with Crippen LogP contribution in [0.5, 0.6) is 0 Å². The molecule has 0 amide bonds. The van der Waals surface area contributed by atoms with E-state index in [2.05, 4.69) is 209 Å². The van der Waals surface area contributed by atoms with Crippen LogP contribution >= 0.6 is 0 Å². The van der Waals surface area contributed by atoms with Crippen LogP contribution in [0, 0.1) is 0 Å². The van der Waals surface area contributed by atoms with Gasteiger partial charge in [-0.15, -0.1) is 0 Å². The molecule has 13 rings (SSSR count). The molecular formula is C60H43NO2. The number of fused-ring (bicyclic) bond motifs is 13. The van der Waals surface area contributed by atoms with Gasteiger partial charge in [-0.25, -0.2) is 0 Å². The highest BCUT2D eigenvalue weighted by atomic mass is 16.3. The highest BCUT2D eigenvalue weighted by Crippen LogP contribution is 2.55. The van der Waals surface area contributed by atoms with Gasteiger partial charge in [0.05, 0.1) is 5.69 Å². The molecular weight excluding hydrogens is 767 g/mol. The summed E-state index contributed by atoms with van der Waals surface area (Å²) in [6.45, 7) is 9.45. The van der Waals surface area contributed by atoms with E-state index >= 15 is 0 Å². The third-order valence-corrected chi connectivity index (χ3v) is 14.3. The van der Waals surface area contributed by atoms with E-state index < -0.39 is 0 Å². The summed E-state index contributed by atoms with van der Waals surface area (Å²) in [5.41, 5.74) is 21.4. The molecule has 0 bridgehead atoms. The van der Waals surface area contributed by atoms with Gasteiger partial charge in [-0.05, 0) is 116 Å². The zero-order chi connectivity index (χ0) is 42.2. The maximum atomic E-state index is 7.17. The van der Waals surface area contributed by atoms with Crippen LogP contribution in [0.4, 0.5) is 17.1 Å². The number of hydrogen-bond donors (Lipinski definition) is 0. The lowest BCUT2D eigenvalue weighted by molar-refractivity contribution is 0.660. The molecule has 0 aliphatic heterocycles. The minimum Gasteiger partial charge on any atom is -0.456 e. The molecule has 2 aliphatic rings. The van der Waals surface area contributed by atoms with Crippen molar-refractivity contribution >= 4 is 60.9 Å². The van der Waals surface area contributed by atoms with Gasteiger partial charge in [-0.1, -0.05) is 161 Å². The van der Waals surface area contributed by atoms with Gasteiger partial charge in [0.15, 0.2) is 0 Å². The fourth-order valence-corrected chi connectivity index (χ4v) is 11.2. The van der Waals surface area contributed by atoms with Crippen molar-refractivity contribution in [2.24, 2.45) is 0 Å². The number of rotatable bonds is 5. The van der Waals surface area contributed by atoms with E-state index in [9.17, 15) is 0 Å². The average Bonchev–Trinajstić information content (AvgIpc) is 4.02. The summed E-state index contributed by atoms with van der Waals surface area (Å²) in [5.74, 6) is 0. The summed E-state index contributed by atoms with van der Waals surface area (Å²) >= 11 is 0. The van der Waals surface area contributed by atoms with Gasteiger partial charge in [0, 0.05) is 49.3 Å². The van der Waals surface area contributed by atoms with Crippen molar-refractivity contribution in [2.45, 2.75) is 38.5 Å². The Kier molecular flexibility index (Phi) is 7.42. The zero-order valence-electron chi connectivity index (χ0n) is 35.7. The number of anilines is 3. The van der Waals surface area contributed by atoms with Gasteiger partial charge in [0.25, 0.3) is 0 Å². The third kappa shape index (κ3) is 5.08. The molecule has 300 valence electrons. The Morgan fingerprint density at radius 1 is 0.365 bits per heavy atom. The van der Waals surface area contributed by atoms with E-state index in [1.54, 1.807) is 0 Å². The highest BCUT2D eigenvalue weighted by molar-refractivity contribution is 6.27. The first-order valence-electron chi connectivity index (χ1n) is 22.0. The molecule has 0 unspecified atom stereocenters. The summed E-state index contributed by atoms with van der Waals surface area (Å²) < 4.78 is 13.6. The summed E-state index contributed by atoms with van der Waals surface area (Å²) in [4.78, 5) is 2.48. The molecule has 0 radical (unpaired) electrons. The molecule has 63 heavy (non-hydrogen) atoms. The molecule has 3 nitrogen and oxygen atoms in total. The Balaban J connectivity index is 1.11. The first kappa shape index (κ1) is 36.1. The summed E-state index contributed by atoms with van der Waals surface area (Å²) in [5, 5.41) is 4.30. The van der Waals surface area contributed by atoms with E-state index in [-0.39, 0.29) is 10.8 Å². The Morgan fingerprint density at radius 3 is 1.52 bits per heavy atom. The zero-order valence-corrected chi connectivity index (χ0v) is 35.7. The van der Waals surface area contributed by atoms with Crippen molar-refractivity contribution < 1.29 is 8.83 Å². The van der Waals surface area contributed by atoms with Crippen molar-refractivity contribution in [3.63, 3.8) is 0 Å². The topological polar surface area (TPSA) is 29.5 Å². The number of nitrogens with zero attached hydrogens (tertiary/aromatic N) is 1. The normalized spacial score (nSPS) is 14.3. The van der Waals surface area contributed by atoms with Crippen molar-refractivity contribution in [3.05, 3.63) is 210 Å². The Labute approximate surface area is 366 Å². The third-order valence-electron chi connectivity index (χ3n) is 14.3. The van der Waals surface area contributed by atoms with Crippen molar-refractivity contribution in [1.29, 1.82) is 0 Å². The Hall–Kier alpha value is -7.62. The second-order valence-corrected chi connectivity index (χ2v) is 18.4.